The number of imide groups is 1. The van der Waals surface area contributed by atoms with Gasteiger partial charge in [0.2, 0.25) is 5.91 Å². The van der Waals surface area contributed by atoms with Crippen LogP contribution in [0.2, 0.25) is 0 Å². The number of halogens is 1. The smallest absolute Gasteiger partial charge is 0.469 e. The third kappa shape index (κ3) is 4.62. The minimum Gasteiger partial charge on any atom is -1.00 e. The summed E-state index contributed by atoms with van der Waals surface area (Å²) in [5, 5.41) is 11.2. The molecule has 128 valence electrons. The van der Waals surface area contributed by atoms with Crippen LogP contribution in [0.4, 0.5) is 4.79 Å². The predicted octanol–water partition coefficient (Wildman–Crippen LogP) is -4.23. The molecule has 4 N–H and O–H groups in total. The fraction of sp³-hybridized carbons (Fsp3) is 0.778. The van der Waals surface area contributed by atoms with E-state index in [0.717, 1.165) is 4.90 Å². The Kier molecular flexibility index (Phi) is 6.33. The Morgan fingerprint density at radius 2 is 2.09 bits per heavy atom. The summed E-state index contributed by atoms with van der Waals surface area (Å²) in [6, 6.07) is -0.694. The average molecular weight is 361 g/mol. The van der Waals surface area contributed by atoms with E-state index in [2.05, 4.69) is 22.5 Å². The number of thiol groups is 1. The number of nitrogens with one attached hydrogen (secondary N) is 1. The van der Waals surface area contributed by atoms with Crippen molar-refractivity contribution in [2.24, 2.45) is 0 Å². The summed E-state index contributed by atoms with van der Waals surface area (Å²) in [6.07, 6.45) is -2.91. The van der Waals surface area contributed by atoms with E-state index in [9.17, 15) is 19.3 Å². The predicted molar refractivity (Wildman–Crippen MR) is 70.0 cm³/mol. The van der Waals surface area contributed by atoms with Crippen molar-refractivity contribution in [2.75, 3.05) is 6.61 Å². The van der Waals surface area contributed by atoms with Crippen LogP contribution in [0.15, 0.2) is 0 Å². The summed E-state index contributed by atoms with van der Waals surface area (Å²) >= 11 is 4.13. The van der Waals surface area contributed by atoms with E-state index in [1.165, 1.54) is 0 Å². The zero-order valence-corrected chi connectivity index (χ0v) is 12.8. The number of rotatable bonds is 4. The van der Waals surface area contributed by atoms with Crippen LogP contribution in [-0.2, 0) is 18.6 Å². The number of ether oxygens (including phenoxy) is 1. The van der Waals surface area contributed by atoms with Gasteiger partial charge in [-0.3, -0.25) is 19.5 Å². The van der Waals surface area contributed by atoms with Gasteiger partial charge < -0.3 is 24.3 Å². The van der Waals surface area contributed by atoms with Crippen LogP contribution in [-0.4, -0.2) is 62.1 Å². The lowest BCUT2D eigenvalue weighted by Crippen LogP contribution is -3.00. The lowest BCUT2D eigenvalue weighted by atomic mass is 10.2. The van der Waals surface area contributed by atoms with E-state index in [1.807, 2.05) is 0 Å². The van der Waals surface area contributed by atoms with Gasteiger partial charge in [0.15, 0.2) is 0 Å². The van der Waals surface area contributed by atoms with Crippen LogP contribution in [0.3, 0.4) is 0 Å². The Bertz CT molecular complexity index is 490. The maximum absolute atomic E-state index is 11.8. The highest BCUT2D eigenvalue weighted by molar-refractivity contribution is 7.80. The number of amides is 3. The van der Waals surface area contributed by atoms with Gasteiger partial charge in [0.25, 0.3) is 0 Å². The Hall–Kier alpha value is -0.750. The molecule has 0 saturated carbocycles. The lowest BCUT2D eigenvalue weighted by Gasteiger charge is -2.36. The highest BCUT2D eigenvalue weighted by atomic mass is 32.1. The summed E-state index contributed by atoms with van der Waals surface area (Å²) < 4.78 is 20.3. The molecule has 2 rings (SSSR count). The molecule has 2 heterocycles. The van der Waals surface area contributed by atoms with Crippen molar-refractivity contribution in [2.45, 2.75) is 36.7 Å². The van der Waals surface area contributed by atoms with Crippen molar-refractivity contribution in [3.8, 4) is 0 Å². The number of carbonyl (C=O) groups excluding carboxylic acids is 2. The molecule has 0 unspecified atom stereocenters. The van der Waals surface area contributed by atoms with Gasteiger partial charge in [-0.25, -0.2) is 9.36 Å². The molecular weight excluding hydrogens is 346 g/mol. The number of phosphoric acid groups is 1. The molecule has 22 heavy (non-hydrogen) atoms. The van der Waals surface area contributed by atoms with Gasteiger partial charge in [0, 0.05) is 6.42 Å². The van der Waals surface area contributed by atoms with E-state index >= 15 is 0 Å². The Morgan fingerprint density at radius 3 is 2.64 bits per heavy atom. The van der Waals surface area contributed by atoms with Crippen LogP contribution in [0.5, 0.6) is 0 Å². The quantitative estimate of drug-likeness (QED) is 0.250. The van der Waals surface area contributed by atoms with Crippen LogP contribution in [0, 0.1) is 0 Å². The summed E-state index contributed by atoms with van der Waals surface area (Å²) in [5.41, 5.74) is 0. The normalized spacial score (nSPS) is 32.6. The maximum Gasteiger partial charge on any atom is 0.469 e. The molecule has 0 aromatic rings. The number of hydrogen-bond donors (Lipinski definition) is 5. The summed E-state index contributed by atoms with van der Waals surface area (Å²) in [5.74, 6) is -0.462. The topological polar surface area (TPSA) is 146 Å². The fourth-order valence-electron chi connectivity index (χ4n) is 2.16. The van der Waals surface area contributed by atoms with Gasteiger partial charge in [-0.15, -0.1) is 0 Å². The molecule has 0 aromatic heterocycles. The van der Waals surface area contributed by atoms with Crippen molar-refractivity contribution in [3.05, 3.63) is 0 Å². The molecular formula is C9H15FN2O8PS-. The van der Waals surface area contributed by atoms with Crippen LogP contribution in [0.25, 0.3) is 0 Å². The number of nitrogens with zero attached hydrogens (tertiary/aromatic N) is 1. The minimum absolute atomic E-state index is 0. The number of aliphatic hydroxyl groups excluding tert-OH is 1. The molecule has 13 heteroatoms. The maximum atomic E-state index is 11.8. The number of urea groups is 1. The standard InChI is InChI=1S/C9H15N2O8PS.FH/c12-4-1-7(19-5(4)3-18-20(15,16)17)11-8(21)2-6(13)10-9(11)14;/h4-5,7-8,12,21H,1-3H2,(H,10,13,14)(H2,15,16,17);1H/p-1/t4-,5+,7+,8-;/m0./s1. The van der Waals surface area contributed by atoms with Gasteiger partial charge in [-0.2, -0.15) is 12.6 Å². The van der Waals surface area contributed by atoms with Gasteiger partial charge in [-0.1, -0.05) is 0 Å². The van der Waals surface area contributed by atoms with Crippen LogP contribution in [0.1, 0.15) is 12.8 Å². The van der Waals surface area contributed by atoms with Crippen molar-refractivity contribution in [3.63, 3.8) is 0 Å². The number of hydrogen-bond acceptors (Lipinski definition) is 7. The zero-order valence-electron chi connectivity index (χ0n) is 11.0. The second-order valence-corrected chi connectivity index (χ2v) is 6.50. The third-order valence-electron chi connectivity index (χ3n) is 3.09. The van der Waals surface area contributed by atoms with Gasteiger partial charge in [0.05, 0.1) is 24.5 Å². The Labute approximate surface area is 129 Å². The molecule has 4 atom stereocenters. The summed E-state index contributed by atoms with van der Waals surface area (Å²) in [4.78, 5) is 41.3. The lowest BCUT2D eigenvalue weighted by molar-refractivity contribution is -0.124. The third-order valence-corrected chi connectivity index (χ3v) is 4.01. The molecule has 10 nitrogen and oxygen atoms in total. The van der Waals surface area contributed by atoms with Crippen molar-refractivity contribution in [1.82, 2.24) is 10.2 Å². The molecule has 2 saturated heterocycles. The molecule has 0 spiro atoms. The summed E-state index contributed by atoms with van der Waals surface area (Å²) in [6.45, 7) is -0.520. The zero-order chi connectivity index (χ0) is 15.8. The molecule has 2 fully saturated rings. The molecule has 0 bridgehead atoms. The van der Waals surface area contributed by atoms with Crippen molar-refractivity contribution >= 4 is 32.4 Å². The van der Waals surface area contributed by atoms with E-state index in [1.54, 1.807) is 0 Å². The second kappa shape index (κ2) is 7.21. The number of aliphatic hydroxyl groups is 1. The largest absolute Gasteiger partial charge is 1.00 e. The highest BCUT2D eigenvalue weighted by Crippen LogP contribution is 2.37. The molecule has 0 aromatic carbocycles. The van der Waals surface area contributed by atoms with E-state index < -0.39 is 50.2 Å². The molecule has 0 aliphatic carbocycles. The first kappa shape index (κ1) is 19.3. The van der Waals surface area contributed by atoms with Crippen LogP contribution >= 0.6 is 20.5 Å². The Balaban J connectivity index is 0.00000242. The number of phosphoric ester groups is 1. The average Bonchev–Trinajstić information content (AvgIpc) is 2.65. The van der Waals surface area contributed by atoms with E-state index in [-0.39, 0.29) is 17.5 Å². The minimum atomic E-state index is -4.67. The molecule has 3 amide bonds. The monoisotopic (exact) mass is 361 g/mol. The molecule has 2 aliphatic heterocycles. The van der Waals surface area contributed by atoms with Gasteiger partial charge in [-0.05, 0) is 0 Å². The number of carbonyl (C=O) groups is 2. The first-order chi connectivity index (χ1) is 9.67. The first-order valence-electron chi connectivity index (χ1n) is 6.01. The molecule has 0 radical (unpaired) electrons. The van der Waals surface area contributed by atoms with Gasteiger partial charge in [0.1, 0.15) is 12.3 Å². The summed E-state index contributed by atoms with van der Waals surface area (Å²) in [7, 11) is -4.67. The van der Waals surface area contributed by atoms with Gasteiger partial charge >= 0.3 is 13.9 Å². The Morgan fingerprint density at radius 1 is 1.45 bits per heavy atom. The SMILES string of the molecule is O=C1C[C@H](S)N([C@H]2C[C@H](O)[C@@H](COP(=O)(O)O)O2)C(=O)N1.[F-]. The molecule has 2 aliphatic rings. The fourth-order valence-corrected chi connectivity index (χ4v) is 2.92. The van der Waals surface area contributed by atoms with E-state index in [0.29, 0.717) is 0 Å². The first-order valence-corrected chi connectivity index (χ1v) is 8.06. The van der Waals surface area contributed by atoms with Crippen LogP contribution < -0.4 is 10.0 Å². The van der Waals surface area contributed by atoms with E-state index in [4.69, 9.17) is 14.5 Å². The van der Waals surface area contributed by atoms with Crippen molar-refractivity contribution in [1.29, 1.82) is 0 Å². The second-order valence-electron chi connectivity index (χ2n) is 4.66. The van der Waals surface area contributed by atoms with Crippen molar-refractivity contribution < 1.29 is 43.0 Å². The highest BCUT2D eigenvalue weighted by Gasteiger charge is 2.44.